The van der Waals surface area contributed by atoms with Crippen molar-refractivity contribution in [3.8, 4) is 0 Å². The molecule has 0 bridgehead atoms. The van der Waals surface area contributed by atoms with Crippen molar-refractivity contribution in [1.82, 2.24) is 19.2 Å². The number of rotatable bonds is 6. The van der Waals surface area contributed by atoms with E-state index in [4.69, 9.17) is 12.2 Å². The van der Waals surface area contributed by atoms with E-state index in [1.165, 1.54) is 12.1 Å². The standard InChI is InChI=1S/C15H19FN4OS/c1-18(8-11-2-4-12(16)5-3-11)10-19-15(22)20(13-6-7-13)14(9-21)17-19/h2-5,13,21H,6-10H2,1H3. The first-order valence-electron chi connectivity index (χ1n) is 7.30. The highest BCUT2D eigenvalue weighted by Crippen LogP contribution is 2.36. The van der Waals surface area contributed by atoms with Crippen molar-refractivity contribution in [2.75, 3.05) is 7.05 Å². The van der Waals surface area contributed by atoms with Crippen LogP contribution in [0.4, 0.5) is 4.39 Å². The molecular weight excluding hydrogens is 303 g/mol. The highest BCUT2D eigenvalue weighted by Gasteiger charge is 2.28. The van der Waals surface area contributed by atoms with Crippen LogP contribution in [-0.2, 0) is 19.8 Å². The van der Waals surface area contributed by atoms with Gasteiger partial charge in [-0.15, -0.1) is 0 Å². The van der Waals surface area contributed by atoms with E-state index in [0.717, 1.165) is 18.4 Å². The van der Waals surface area contributed by atoms with E-state index in [1.807, 2.05) is 11.6 Å². The minimum atomic E-state index is -0.232. The second-order valence-corrected chi connectivity index (χ2v) is 6.10. The molecule has 2 aromatic rings. The van der Waals surface area contributed by atoms with Crippen molar-refractivity contribution < 1.29 is 9.50 Å². The number of aliphatic hydroxyl groups excluding tert-OH is 1. The van der Waals surface area contributed by atoms with Gasteiger partial charge in [0, 0.05) is 12.6 Å². The largest absolute Gasteiger partial charge is 0.388 e. The molecule has 0 spiro atoms. The first-order valence-corrected chi connectivity index (χ1v) is 7.71. The maximum Gasteiger partial charge on any atom is 0.199 e. The Morgan fingerprint density at radius 2 is 2.05 bits per heavy atom. The molecule has 0 aliphatic heterocycles. The van der Waals surface area contributed by atoms with Gasteiger partial charge in [-0.05, 0) is 49.8 Å². The van der Waals surface area contributed by atoms with Gasteiger partial charge >= 0.3 is 0 Å². The average Bonchev–Trinajstić information content (AvgIpc) is 3.28. The van der Waals surface area contributed by atoms with Gasteiger partial charge in [-0.2, -0.15) is 5.10 Å². The third kappa shape index (κ3) is 3.26. The molecule has 5 nitrogen and oxygen atoms in total. The summed E-state index contributed by atoms with van der Waals surface area (Å²) in [5, 5.41) is 13.8. The molecule has 1 N–H and O–H groups in total. The van der Waals surface area contributed by atoms with Gasteiger partial charge in [0.05, 0.1) is 6.67 Å². The molecule has 1 aliphatic rings. The number of hydrogen-bond donors (Lipinski definition) is 1. The molecule has 1 heterocycles. The van der Waals surface area contributed by atoms with Crippen LogP contribution in [0.25, 0.3) is 0 Å². The summed E-state index contributed by atoms with van der Waals surface area (Å²) in [5.41, 5.74) is 1.03. The topological polar surface area (TPSA) is 46.2 Å². The van der Waals surface area contributed by atoms with E-state index >= 15 is 0 Å². The Morgan fingerprint density at radius 3 is 2.64 bits per heavy atom. The molecule has 22 heavy (non-hydrogen) atoms. The van der Waals surface area contributed by atoms with Crippen LogP contribution in [-0.4, -0.2) is 31.4 Å². The van der Waals surface area contributed by atoms with Crippen LogP contribution in [0.2, 0.25) is 0 Å². The van der Waals surface area contributed by atoms with Gasteiger partial charge in [0.15, 0.2) is 10.6 Å². The fourth-order valence-electron chi connectivity index (χ4n) is 2.54. The van der Waals surface area contributed by atoms with Crippen LogP contribution in [0.5, 0.6) is 0 Å². The number of nitrogens with zero attached hydrogens (tertiary/aromatic N) is 4. The van der Waals surface area contributed by atoms with E-state index < -0.39 is 0 Å². The smallest absolute Gasteiger partial charge is 0.199 e. The zero-order chi connectivity index (χ0) is 15.7. The summed E-state index contributed by atoms with van der Waals surface area (Å²) in [5.74, 6) is 0.395. The van der Waals surface area contributed by atoms with Crippen molar-refractivity contribution in [3.05, 3.63) is 46.2 Å². The quantitative estimate of drug-likeness (QED) is 0.830. The second-order valence-electron chi connectivity index (χ2n) is 5.74. The molecule has 1 aromatic carbocycles. The molecule has 1 fully saturated rings. The molecule has 0 amide bonds. The summed E-state index contributed by atoms with van der Waals surface area (Å²) >= 11 is 5.47. The van der Waals surface area contributed by atoms with E-state index in [1.54, 1.807) is 16.8 Å². The summed E-state index contributed by atoms with van der Waals surface area (Å²) in [6, 6.07) is 6.85. The van der Waals surface area contributed by atoms with Gasteiger partial charge < -0.3 is 5.11 Å². The van der Waals surface area contributed by atoms with Gasteiger partial charge in [-0.3, -0.25) is 9.47 Å². The molecule has 0 atom stereocenters. The van der Waals surface area contributed by atoms with Crippen LogP contribution in [0.15, 0.2) is 24.3 Å². The molecule has 118 valence electrons. The zero-order valence-electron chi connectivity index (χ0n) is 12.4. The molecule has 1 aromatic heterocycles. The highest BCUT2D eigenvalue weighted by atomic mass is 32.1. The maximum absolute atomic E-state index is 12.9. The monoisotopic (exact) mass is 322 g/mol. The van der Waals surface area contributed by atoms with Gasteiger partial charge in [0.2, 0.25) is 0 Å². The lowest BCUT2D eigenvalue weighted by Gasteiger charge is -2.16. The zero-order valence-corrected chi connectivity index (χ0v) is 13.3. The Kier molecular flexibility index (Phi) is 4.37. The van der Waals surface area contributed by atoms with Gasteiger partial charge in [0.1, 0.15) is 12.4 Å². The molecular formula is C15H19FN4OS. The van der Waals surface area contributed by atoms with Crippen molar-refractivity contribution >= 4 is 12.2 Å². The van der Waals surface area contributed by atoms with Crippen molar-refractivity contribution in [3.63, 3.8) is 0 Å². The molecule has 1 saturated carbocycles. The third-order valence-corrected chi connectivity index (χ3v) is 4.14. The molecule has 1 aliphatic carbocycles. The molecule has 0 saturated heterocycles. The SMILES string of the molecule is CN(Cc1ccc(F)cc1)Cn1nc(CO)n(C2CC2)c1=S. The van der Waals surface area contributed by atoms with Crippen LogP contribution >= 0.6 is 12.2 Å². The van der Waals surface area contributed by atoms with Crippen LogP contribution < -0.4 is 0 Å². The lowest BCUT2D eigenvalue weighted by Crippen LogP contribution is -2.22. The number of aromatic nitrogens is 3. The third-order valence-electron chi connectivity index (χ3n) is 3.74. The fraction of sp³-hybridized carbons (Fsp3) is 0.467. The van der Waals surface area contributed by atoms with Crippen LogP contribution in [0, 0.1) is 10.6 Å². The maximum atomic E-state index is 12.9. The Bertz CT molecular complexity index is 705. The molecule has 0 radical (unpaired) electrons. The first kappa shape index (κ1) is 15.3. The minimum Gasteiger partial charge on any atom is -0.388 e. The second kappa shape index (κ2) is 6.28. The Hall–Kier alpha value is -1.57. The van der Waals surface area contributed by atoms with Gasteiger partial charge in [-0.25, -0.2) is 9.07 Å². The Balaban J connectivity index is 1.72. The van der Waals surface area contributed by atoms with Gasteiger partial charge in [0.25, 0.3) is 0 Å². The summed E-state index contributed by atoms with van der Waals surface area (Å²) in [6.07, 6.45) is 2.19. The van der Waals surface area contributed by atoms with Crippen molar-refractivity contribution in [2.24, 2.45) is 0 Å². The summed E-state index contributed by atoms with van der Waals surface area (Å²) in [7, 11) is 1.96. The number of aliphatic hydroxyl groups is 1. The van der Waals surface area contributed by atoms with Crippen LogP contribution in [0.3, 0.4) is 0 Å². The van der Waals surface area contributed by atoms with Crippen LogP contribution in [0.1, 0.15) is 30.3 Å². The predicted molar refractivity (Wildman–Crippen MR) is 83.1 cm³/mol. The molecule has 7 heteroatoms. The highest BCUT2D eigenvalue weighted by molar-refractivity contribution is 7.71. The molecule has 0 unspecified atom stereocenters. The van der Waals surface area contributed by atoms with E-state index in [9.17, 15) is 9.50 Å². The van der Waals surface area contributed by atoms with Gasteiger partial charge in [-0.1, -0.05) is 12.1 Å². The normalized spacial score (nSPS) is 14.7. The molecule has 3 rings (SSSR count). The average molecular weight is 322 g/mol. The van der Waals surface area contributed by atoms with Crippen molar-refractivity contribution in [1.29, 1.82) is 0 Å². The van der Waals surface area contributed by atoms with E-state index in [2.05, 4.69) is 10.00 Å². The summed E-state index contributed by atoms with van der Waals surface area (Å²) in [6.45, 7) is 1.10. The Labute approximate surface area is 133 Å². The summed E-state index contributed by atoms with van der Waals surface area (Å²) in [4.78, 5) is 2.05. The number of benzene rings is 1. The first-order chi connectivity index (χ1) is 10.6. The lowest BCUT2D eigenvalue weighted by molar-refractivity contribution is 0.238. The lowest BCUT2D eigenvalue weighted by atomic mass is 10.2. The fourth-order valence-corrected chi connectivity index (χ4v) is 2.90. The number of hydrogen-bond acceptors (Lipinski definition) is 4. The Morgan fingerprint density at radius 1 is 1.36 bits per heavy atom. The predicted octanol–water partition coefficient (Wildman–Crippen LogP) is 2.47. The number of halogens is 1. The van der Waals surface area contributed by atoms with E-state index in [0.29, 0.717) is 29.9 Å². The summed E-state index contributed by atoms with van der Waals surface area (Å²) < 4.78 is 17.3. The minimum absolute atomic E-state index is 0.102. The van der Waals surface area contributed by atoms with E-state index in [-0.39, 0.29) is 12.4 Å². The van der Waals surface area contributed by atoms with Crippen molar-refractivity contribution in [2.45, 2.75) is 38.7 Å².